The van der Waals surface area contributed by atoms with E-state index < -0.39 is 0 Å². The molecule has 0 aliphatic heterocycles. The Labute approximate surface area is 122 Å². The molecule has 2 rings (SSSR count). The van der Waals surface area contributed by atoms with Crippen LogP contribution in [0.25, 0.3) is 10.1 Å². The van der Waals surface area contributed by atoms with Crippen LogP contribution >= 0.6 is 11.3 Å². The van der Waals surface area contributed by atoms with Crippen molar-refractivity contribution in [2.45, 2.75) is 32.6 Å². The van der Waals surface area contributed by atoms with Gasteiger partial charge in [0.05, 0.1) is 11.1 Å². The molecule has 0 fully saturated rings. The van der Waals surface area contributed by atoms with Crippen molar-refractivity contribution in [2.24, 2.45) is 0 Å². The normalized spacial score (nSPS) is 10.9. The lowest BCUT2D eigenvalue weighted by atomic mass is 10.2. The minimum absolute atomic E-state index is 0.209. The van der Waals surface area contributed by atoms with Gasteiger partial charge in [-0.3, -0.25) is 4.79 Å². The lowest BCUT2D eigenvalue weighted by molar-refractivity contribution is 0.0958. The Hall–Kier alpha value is -1.62. The van der Waals surface area contributed by atoms with Gasteiger partial charge >= 0.3 is 0 Å². The maximum absolute atomic E-state index is 13.7. The number of rotatable bonds is 6. The maximum atomic E-state index is 13.7. The zero-order valence-electron chi connectivity index (χ0n) is 11.5. The molecule has 20 heavy (non-hydrogen) atoms. The topological polar surface area (TPSA) is 55.1 Å². The number of benzene rings is 1. The molecule has 0 aliphatic carbocycles. The van der Waals surface area contributed by atoms with Crippen molar-refractivity contribution in [3.8, 4) is 0 Å². The molecule has 3 nitrogen and oxygen atoms in total. The minimum Gasteiger partial charge on any atom is -0.397 e. The van der Waals surface area contributed by atoms with E-state index in [1.54, 1.807) is 12.1 Å². The Morgan fingerprint density at radius 2 is 2.15 bits per heavy atom. The van der Waals surface area contributed by atoms with Crippen LogP contribution in [0.5, 0.6) is 0 Å². The number of anilines is 1. The van der Waals surface area contributed by atoms with Gasteiger partial charge in [0, 0.05) is 11.2 Å². The van der Waals surface area contributed by atoms with E-state index in [-0.39, 0.29) is 17.4 Å². The lowest BCUT2D eigenvalue weighted by Gasteiger charge is -2.04. The molecule has 0 saturated heterocycles. The summed E-state index contributed by atoms with van der Waals surface area (Å²) in [6.07, 6.45) is 4.40. The molecule has 0 spiro atoms. The Kier molecular flexibility index (Phi) is 4.95. The number of nitrogens with two attached hydrogens (primary N) is 1. The molecule has 1 aromatic heterocycles. The van der Waals surface area contributed by atoms with Crippen LogP contribution in [0.2, 0.25) is 0 Å². The van der Waals surface area contributed by atoms with Gasteiger partial charge in [-0.15, -0.1) is 11.3 Å². The van der Waals surface area contributed by atoms with Crippen LogP contribution in [0.1, 0.15) is 42.3 Å². The third-order valence-electron chi connectivity index (χ3n) is 3.22. The summed E-state index contributed by atoms with van der Waals surface area (Å²) in [6, 6.07) is 4.76. The van der Waals surface area contributed by atoms with Crippen molar-refractivity contribution >= 4 is 33.0 Å². The van der Waals surface area contributed by atoms with Crippen LogP contribution < -0.4 is 11.1 Å². The number of fused-ring (bicyclic) bond motifs is 1. The second-order valence-corrected chi connectivity index (χ2v) is 5.83. The summed E-state index contributed by atoms with van der Waals surface area (Å²) in [5, 5.41) is 3.20. The number of unbranched alkanes of at least 4 members (excludes halogenated alkanes) is 3. The van der Waals surface area contributed by atoms with Crippen molar-refractivity contribution in [2.75, 3.05) is 12.3 Å². The number of carbonyl (C=O) groups excluding carboxylic acids is 1. The third-order valence-corrected chi connectivity index (χ3v) is 4.39. The van der Waals surface area contributed by atoms with Gasteiger partial charge in [-0.25, -0.2) is 4.39 Å². The Morgan fingerprint density at radius 3 is 2.85 bits per heavy atom. The van der Waals surface area contributed by atoms with E-state index in [2.05, 4.69) is 12.2 Å². The number of hydrogen-bond acceptors (Lipinski definition) is 3. The summed E-state index contributed by atoms with van der Waals surface area (Å²) in [6.45, 7) is 2.78. The van der Waals surface area contributed by atoms with Crippen LogP contribution in [-0.4, -0.2) is 12.5 Å². The number of halogens is 1. The molecule has 2 aromatic rings. The number of nitrogens with one attached hydrogen (secondary N) is 1. The first-order chi connectivity index (χ1) is 9.65. The first-order valence-electron chi connectivity index (χ1n) is 6.89. The van der Waals surface area contributed by atoms with Gasteiger partial charge in [0.2, 0.25) is 0 Å². The van der Waals surface area contributed by atoms with E-state index in [1.165, 1.54) is 23.8 Å². The maximum Gasteiger partial charge on any atom is 0.263 e. The smallest absolute Gasteiger partial charge is 0.263 e. The Balaban J connectivity index is 2.07. The molecule has 0 atom stereocenters. The summed E-state index contributed by atoms with van der Waals surface area (Å²) in [7, 11) is 0. The molecule has 1 heterocycles. The van der Waals surface area contributed by atoms with E-state index in [4.69, 9.17) is 5.73 Å². The van der Waals surface area contributed by atoms with Gasteiger partial charge in [0.25, 0.3) is 5.91 Å². The SMILES string of the molecule is CCCCCCNC(=O)c1sc2cccc(F)c2c1N. The van der Waals surface area contributed by atoms with E-state index in [1.807, 2.05) is 0 Å². The van der Waals surface area contributed by atoms with Crippen LogP contribution in [-0.2, 0) is 0 Å². The standard InChI is InChI=1S/C15H19FN2OS/c1-2-3-4-5-9-18-15(19)14-13(17)12-10(16)7-6-8-11(12)20-14/h6-8H,2-5,9,17H2,1H3,(H,18,19). The first kappa shape index (κ1) is 14.8. The van der Waals surface area contributed by atoms with Crippen LogP contribution in [0.15, 0.2) is 18.2 Å². The van der Waals surface area contributed by atoms with Crippen molar-refractivity contribution in [3.05, 3.63) is 28.9 Å². The number of amides is 1. The molecule has 0 aliphatic rings. The molecule has 0 bridgehead atoms. The van der Waals surface area contributed by atoms with Gasteiger partial charge in [0.15, 0.2) is 0 Å². The molecular formula is C15H19FN2OS. The van der Waals surface area contributed by atoms with E-state index in [9.17, 15) is 9.18 Å². The van der Waals surface area contributed by atoms with E-state index in [0.717, 1.165) is 19.3 Å². The lowest BCUT2D eigenvalue weighted by Crippen LogP contribution is -2.24. The van der Waals surface area contributed by atoms with Crippen LogP contribution in [0.4, 0.5) is 10.1 Å². The number of hydrogen-bond donors (Lipinski definition) is 2. The number of nitrogen functional groups attached to an aromatic ring is 1. The van der Waals surface area contributed by atoms with E-state index >= 15 is 0 Å². The second-order valence-electron chi connectivity index (χ2n) is 4.77. The fourth-order valence-electron chi connectivity index (χ4n) is 2.13. The van der Waals surface area contributed by atoms with Crippen molar-refractivity contribution in [1.82, 2.24) is 5.32 Å². The highest BCUT2D eigenvalue weighted by Crippen LogP contribution is 2.35. The summed E-state index contributed by atoms with van der Waals surface area (Å²) >= 11 is 1.24. The number of carbonyl (C=O) groups is 1. The average Bonchev–Trinajstić information content (AvgIpc) is 2.77. The monoisotopic (exact) mass is 294 g/mol. The molecule has 5 heteroatoms. The highest BCUT2D eigenvalue weighted by molar-refractivity contribution is 7.21. The van der Waals surface area contributed by atoms with Gasteiger partial charge in [-0.05, 0) is 18.6 Å². The zero-order valence-corrected chi connectivity index (χ0v) is 12.4. The summed E-state index contributed by atoms with van der Waals surface area (Å²) in [5.74, 6) is -0.585. The van der Waals surface area contributed by atoms with Gasteiger partial charge < -0.3 is 11.1 Å². The van der Waals surface area contributed by atoms with Crippen molar-refractivity contribution < 1.29 is 9.18 Å². The van der Waals surface area contributed by atoms with E-state index in [0.29, 0.717) is 21.5 Å². The number of thiophene rings is 1. The average molecular weight is 294 g/mol. The van der Waals surface area contributed by atoms with Crippen molar-refractivity contribution in [1.29, 1.82) is 0 Å². The summed E-state index contributed by atoms with van der Waals surface area (Å²) in [4.78, 5) is 12.5. The second kappa shape index (κ2) is 6.70. The van der Waals surface area contributed by atoms with Gasteiger partial charge in [-0.2, -0.15) is 0 Å². The largest absolute Gasteiger partial charge is 0.397 e. The molecule has 0 saturated carbocycles. The Morgan fingerprint density at radius 1 is 1.35 bits per heavy atom. The first-order valence-corrected chi connectivity index (χ1v) is 7.71. The quantitative estimate of drug-likeness (QED) is 0.793. The van der Waals surface area contributed by atoms with Gasteiger partial charge in [-0.1, -0.05) is 32.3 Å². The van der Waals surface area contributed by atoms with Crippen LogP contribution in [0.3, 0.4) is 0 Å². The fourth-order valence-corrected chi connectivity index (χ4v) is 3.18. The van der Waals surface area contributed by atoms with Crippen molar-refractivity contribution in [3.63, 3.8) is 0 Å². The minimum atomic E-state index is -0.377. The molecule has 108 valence electrons. The highest BCUT2D eigenvalue weighted by atomic mass is 32.1. The molecule has 0 unspecified atom stereocenters. The van der Waals surface area contributed by atoms with Crippen LogP contribution in [0, 0.1) is 5.82 Å². The predicted octanol–water partition coefficient (Wildman–Crippen LogP) is 3.93. The molecule has 3 N–H and O–H groups in total. The van der Waals surface area contributed by atoms with Gasteiger partial charge in [0.1, 0.15) is 10.7 Å². The molecule has 0 radical (unpaired) electrons. The zero-order chi connectivity index (χ0) is 14.5. The molecular weight excluding hydrogens is 275 g/mol. The summed E-state index contributed by atoms with van der Waals surface area (Å²) < 4.78 is 14.4. The molecule has 1 aromatic carbocycles. The fraction of sp³-hybridized carbons (Fsp3) is 0.400. The highest BCUT2D eigenvalue weighted by Gasteiger charge is 2.18. The molecule has 1 amide bonds. The third kappa shape index (κ3) is 3.10. The predicted molar refractivity (Wildman–Crippen MR) is 82.7 cm³/mol. The Bertz CT molecular complexity index is 609. The summed E-state index contributed by atoms with van der Waals surface area (Å²) in [5.41, 5.74) is 6.15.